The van der Waals surface area contributed by atoms with E-state index in [2.05, 4.69) is 5.32 Å². The van der Waals surface area contributed by atoms with Gasteiger partial charge in [0.2, 0.25) is 5.91 Å². The zero-order valence-electron chi connectivity index (χ0n) is 12.7. The van der Waals surface area contributed by atoms with Crippen LogP contribution in [-0.4, -0.2) is 42.9 Å². The topological polar surface area (TPSA) is 73.6 Å². The van der Waals surface area contributed by atoms with Crippen molar-refractivity contribution < 1.29 is 14.3 Å². The Morgan fingerprint density at radius 1 is 1.35 bits per heavy atom. The summed E-state index contributed by atoms with van der Waals surface area (Å²) in [4.78, 5) is 11.9. The van der Waals surface area contributed by atoms with Gasteiger partial charge in [0, 0.05) is 12.5 Å². The molecule has 2 unspecified atom stereocenters. The van der Waals surface area contributed by atoms with Crippen LogP contribution in [0, 0.1) is 0 Å². The lowest BCUT2D eigenvalue weighted by molar-refractivity contribution is -0.129. The molecule has 0 aliphatic heterocycles. The Hall–Kier alpha value is -0.650. The fraction of sp³-hybridized carbons (Fsp3) is 0.933. The summed E-state index contributed by atoms with van der Waals surface area (Å²) in [6, 6.07) is 0.477. The third kappa shape index (κ3) is 4.43. The monoisotopic (exact) mass is 284 g/mol. The molecule has 0 aromatic rings. The summed E-state index contributed by atoms with van der Waals surface area (Å²) >= 11 is 0. The number of hydrogen-bond donors (Lipinski definition) is 2. The van der Waals surface area contributed by atoms with Gasteiger partial charge in [-0.15, -0.1) is 0 Å². The second-order valence-electron chi connectivity index (χ2n) is 6.37. The minimum atomic E-state index is -0.553. The Labute approximate surface area is 121 Å². The Balaban J connectivity index is 1.80. The standard InChI is InChI=1S/C15H28N2O3/c1-11(2)19-8-9-20-13-4-3-7-15(10-13,14(16)18)17-12-5-6-12/h11-13,17H,3-10H2,1-2H3,(H2,16,18). The van der Waals surface area contributed by atoms with Crippen molar-refractivity contribution >= 4 is 5.91 Å². The third-order valence-electron chi connectivity index (χ3n) is 4.12. The van der Waals surface area contributed by atoms with Gasteiger partial charge in [-0.1, -0.05) is 0 Å². The highest BCUT2D eigenvalue weighted by molar-refractivity contribution is 5.85. The Morgan fingerprint density at radius 2 is 2.10 bits per heavy atom. The predicted molar refractivity (Wildman–Crippen MR) is 77.4 cm³/mol. The molecule has 2 fully saturated rings. The van der Waals surface area contributed by atoms with E-state index in [4.69, 9.17) is 15.2 Å². The fourth-order valence-corrected chi connectivity index (χ4v) is 2.91. The van der Waals surface area contributed by atoms with Crippen molar-refractivity contribution in [3.63, 3.8) is 0 Å². The molecule has 0 aromatic heterocycles. The number of nitrogens with one attached hydrogen (secondary N) is 1. The molecule has 2 aliphatic rings. The van der Waals surface area contributed by atoms with E-state index in [0.29, 0.717) is 25.7 Å². The molecule has 0 heterocycles. The highest BCUT2D eigenvalue weighted by atomic mass is 16.5. The molecule has 0 radical (unpaired) electrons. The summed E-state index contributed by atoms with van der Waals surface area (Å²) in [6.45, 7) is 5.21. The molecule has 20 heavy (non-hydrogen) atoms. The van der Waals surface area contributed by atoms with Crippen molar-refractivity contribution in [2.24, 2.45) is 5.73 Å². The summed E-state index contributed by atoms with van der Waals surface area (Å²) in [6.07, 6.45) is 6.17. The average Bonchev–Trinajstić information content (AvgIpc) is 3.18. The van der Waals surface area contributed by atoms with Gasteiger partial charge in [0.15, 0.2) is 0 Å². The van der Waals surface area contributed by atoms with E-state index in [0.717, 1.165) is 32.1 Å². The highest BCUT2D eigenvalue weighted by Crippen LogP contribution is 2.33. The molecule has 0 spiro atoms. The van der Waals surface area contributed by atoms with Gasteiger partial charge in [-0.2, -0.15) is 0 Å². The SMILES string of the molecule is CC(C)OCCOC1CCCC(NC2CC2)(C(N)=O)C1. The first-order valence-electron chi connectivity index (χ1n) is 7.83. The number of ether oxygens (including phenoxy) is 2. The molecule has 0 bridgehead atoms. The van der Waals surface area contributed by atoms with Crippen molar-refractivity contribution in [3.8, 4) is 0 Å². The van der Waals surface area contributed by atoms with Gasteiger partial charge in [-0.05, 0) is 46.0 Å². The van der Waals surface area contributed by atoms with Crippen LogP contribution in [0.3, 0.4) is 0 Å². The van der Waals surface area contributed by atoms with Crippen LogP contribution in [0.15, 0.2) is 0 Å². The van der Waals surface area contributed by atoms with Crippen LogP contribution in [0.2, 0.25) is 0 Å². The first-order chi connectivity index (χ1) is 9.52. The molecule has 5 heteroatoms. The van der Waals surface area contributed by atoms with Gasteiger partial charge in [-0.25, -0.2) is 0 Å². The van der Waals surface area contributed by atoms with Gasteiger partial charge in [0.1, 0.15) is 5.54 Å². The van der Waals surface area contributed by atoms with E-state index in [9.17, 15) is 4.79 Å². The van der Waals surface area contributed by atoms with Crippen molar-refractivity contribution in [2.45, 2.75) is 76.2 Å². The summed E-state index contributed by atoms with van der Waals surface area (Å²) in [7, 11) is 0. The number of carbonyl (C=O) groups excluding carboxylic acids is 1. The summed E-state index contributed by atoms with van der Waals surface area (Å²) < 4.78 is 11.3. The van der Waals surface area contributed by atoms with E-state index < -0.39 is 5.54 Å². The van der Waals surface area contributed by atoms with E-state index in [1.54, 1.807) is 0 Å². The van der Waals surface area contributed by atoms with Crippen LogP contribution in [0.4, 0.5) is 0 Å². The lowest BCUT2D eigenvalue weighted by Gasteiger charge is -2.39. The quantitative estimate of drug-likeness (QED) is 0.660. The van der Waals surface area contributed by atoms with E-state index in [1.165, 1.54) is 0 Å². The van der Waals surface area contributed by atoms with Gasteiger partial charge in [-0.3, -0.25) is 4.79 Å². The first-order valence-corrected chi connectivity index (χ1v) is 7.83. The zero-order chi connectivity index (χ0) is 14.6. The van der Waals surface area contributed by atoms with Crippen molar-refractivity contribution in [3.05, 3.63) is 0 Å². The van der Waals surface area contributed by atoms with E-state index in [-0.39, 0.29) is 18.1 Å². The van der Waals surface area contributed by atoms with Crippen LogP contribution < -0.4 is 11.1 Å². The zero-order valence-corrected chi connectivity index (χ0v) is 12.7. The van der Waals surface area contributed by atoms with Crippen LogP contribution in [0.25, 0.3) is 0 Å². The summed E-state index contributed by atoms with van der Waals surface area (Å²) in [5, 5.41) is 3.46. The van der Waals surface area contributed by atoms with E-state index >= 15 is 0 Å². The number of nitrogens with two attached hydrogens (primary N) is 1. The lowest BCUT2D eigenvalue weighted by Crippen LogP contribution is -2.59. The molecule has 2 saturated carbocycles. The predicted octanol–water partition coefficient (Wildman–Crippen LogP) is 1.35. The molecule has 116 valence electrons. The maximum Gasteiger partial charge on any atom is 0.237 e. The summed E-state index contributed by atoms with van der Waals surface area (Å²) in [5.74, 6) is -0.226. The molecule has 2 rings (SSSR count). The number of amides is 1. The molecule has 5 nitrogen and oxygen atoms in total. The lowest BCUT2D eigenvalue weighted by atomic mass is 9.79. The largest absolute Gasteiger partial charge is 0.376 e. The smallest absolute Gasteiger partial charge is 0.237 e. The van der Waals surface area contributed by atoms with Crippen molar-refractivity contribution in [1.82, 2.24) is 5.32 Å². The molecule has 0 saturated heterocycles. The third-order valence-corrected chi connectivity index (χ3v) is 4.12. The molecular weight excluding hydrogens is 256 g/mol. The summed E-state index contributed by atoms with van der Waals surface area (Å²) in [5.41, 5.74) is 5.10. The van der Waals surface area contributed by atoms with Crippen LogP contribution in [0.5, 0.6) is 0 Å². The molecule has 2 atom stereocenters. The second kappa shape index (κ2) is 6.87. The maximum absolute atomic E-state index is 11.9. The number of rotatable bonds is 8. The first kappa shape index (κ1) is 15.7. The van der Waals surface area contributed by atoms with Gasteiger partial charge in [0.05, 0.1) is 25.4 Å². The molecule has 3 N–H and O–H groups in total. The normalized spacial score (nSPS) is 30.6. The van der Waals surface area contributed by atoms with Gasteiger partial charge in [0.25, 0.3) is 0 Å². The molecule has 1 amide bonds. The molecular formula is C15H28N2O3. The molecule has 0 aromatic carbocycles. The number of primary amides is 1. The highest BCUT2D eigenvalue weighted by Gasteiger charge is 2.44. The molecule has 2 aliphatic carbocycles. The van der Waals surface area contributed by atoms with Crippen molar-refractivity contribution in [1.29, 1.82) is 0 Å². The minimum Gasteiger partial charge on any atom is -0.376 e. The van der Waals surface area contributed by atoms with Crippen LogP contribution in [0.1, 0.15) is 52.4 Å². The van der Waals surface area contributed by atoms with Crippen LogP contribution >= 0.6 is 0 Å². The van der Waals surface area contributed by atoms with Gasteiger partial charge < -0.3 is 20.5 Å². The Bertz CT molecular complexity index is 331. The number of carbonyl (C=O) groups is 1. The second-order valence-corrected chi connectivity index (χ2v) is 6.37. The maximum atomic E-state index is 11.9. The Kier molecular flexibility index (Phi) is 5.41. The van der Waals surface area contributed by atoms with Crippen LogP contribution in [-0.2, 0) is 14.3 Å². The average molecular weight is 284 g/mol. The minimum absolute atomic E-state index is 0.110. The number of hydrogen-bond acceptors (Lipinski definition) is 4. The van der Waals surface area contributed by atoms with Crippen molar-refractivity contribution in [2.75, 3.05) is 13.2 Å². The Morgan fingerprint density at radius 3 is 2.70 bits per heavy atom. The van der Waals surface area contributed by atoms with E-state index in [1.807, 2.05) is 13.8 Å². The van der Waals surface area contributed by atoms with Gasteiger partial charge >= 0.3 is 0 Å². The fourth-order valence-electron chi connectivity index (χ4n) is 2.91.